The standard InChI is InChI=1S/C11H8F4N2O2/c12-8-3-6(4-16)1-2-9(8)17-5-7(10(18)19)11(13,14)15/h1-3,7,17H,5H2,(H,18,19). The summed E-state index contributed by atoms with van der Waals surface area (Å²) >= 11 is 0. The van der Waals surface area contributed by atoms with Gasteiger partial charge in [-0.1, -0.05) is 0 Å². The van der Waals surface area contributed by atoms with Crippen LogP contribution < -0.4 is 5.32 Å². The van der Waals surface area contributed by atoms with Crippen molar-refractivity contribution in [3.05, 3.63) is 29.6 Å². The normalized spacial score (nSPS) is 12.6. The number of nitrogens with zero attached hydrogens (tertiary/aromatic N) is 1. The number of anilines is 1. The molecule has 0 aromatic heterocycles. The largest absolute Gasteiger partial charge is 0.481 e. The van der Waals surface area contributed by atoms with Gasteiger partial charge in [0.05, 0.1) is 17.3 Å². The molecule has 4 nitrogen and oxygen atoms in total. The topological polar surface area (TPSA) is 73.1 Å². The first-order valence-corrected chi connectivity index (χ1v) is 4.98. The van der Waals surface area contributed by atoms with Crippen LogP contribution in [0.2, 0.25) is 0 Å². The van der Waals surface area contributed by atoms with Crippen molar-refractivity contribution in [2.45, 2.75) is 6.18 Å². The van der Waals surface area contributed by atoms with E-state index in [0.29, 0.717) is 0 Å². The monoisotopic (exact) mass is 276 g/mol. The SMILES string of the molecule is N#Cc1ccc(NCC(C(=O)O)C(F)(F)F)c(F)c1. The minimum Gasteiger partial charge on any atom is -0.481 e. The number of carboxylic acid groups (broad SMARTS) is 1. The molecule has 1 atom stereocenters. The summed E-state index contributed by atoms with van der Waals surface area (Å²) in [5, 5.41) is 19.0. The molecule has 0 saturated carbocycles. The predicted octanol–water partition coefficient (Wildman–Crippen LogP) is 2.37. The number of aliphatic carboxylic acids is 1. The lowest BCUT2D eigenvalue weighted by Gasteiger charge is -2.17. The fourth-order valence-electron chi connectivity index (χ4n) is 1.28. The number of benzene rings is 1. The third-order valence-electron chi connectivity index (χ3n) is 2.29. The van der Waals surface area contributed by atoms with Gasteiger partial charge in [0.15, 0.2) is 5.92 Å². The van der Waals surface area contributed by atoms with Crippen molar-refractivity contribution in [2.24, 2.45) is 5.92 Å². The smallest absolute Gasteiger partial charge is 0.403 e. The highest BCUT2D eigenvalue weighted by atomic mass is 19.4. The molecule has 0 aliphatic carbocycles. The van der Waals surface area contributed by atoms with Crippen molar-refractivity contribution in [2.75, 3.05) is 11.9 Å². The van der Waals surface area contributed by atoms with Crippen LogP contribution in [-0.4, -0.2) is 23.8 Å². The van der Waals surface area contributed by atoms with Gasteiger partial charge in [-0.2, -0.15) is 18.4 Å². The molecule has 102 valence electrons. The molecule has 0 aliphatic rings. The van der Waals surface area contributed by atoms with E-state index in [1.807, 2.05) is 0 Å². The maximum Gasteiger partial charge on any atom is 0.403 e. The zero-order valence-corrected chi connectivity index (χ0v) is 9.33. The molecule has 0 fully saturated rings. The van der Waals surface area contributed by atoms with E-state index in [2.05, 4.69) is 5.32 Å². The quantitative estimate of drug-likeness (QED) is 0.828. The molecule has 1 rings (SSSR count). The van der Waals surface area contributed by atoms with Crippen LogP contribution in [0.5, 0.6) is 0 Å². The Morgan fingerprint density at radius 1 is 1.47 bits per heavy atom. The van der Waals surface area contributed by atoms with Gasteiger partial charge in [-0.15, -0.1) is 0 Å². The summed E-state index contributed by atoms with van der Waals surface area (Å²) in [6.07, 6.45) is -4.93. The Balaban J connectivity index is 2.81. The molecule has 0 spiro atoms. The van der Waals surface area contributed by atoms with Crippen LogP contribution in [0.15, 0.2) is 18.2 Å². The van der Waals surface area contributed by atoms with Gasteiger partial charge in [-0.3, -0.25) is 4.79 Å². The lowest BCUT2D eigenvalue weighted by molar-refractivity contribution is -0.190. The minimum atomic E-state index is -4.93. The maximum absolute atomic E-state index is 13.3. The molecule has 8 heteroatoms. The van der Waals surface area contributed by atoms with Crippen molar-refractivity contribution in [3.8, 4) is 6.07 Å². The summed E-state index contributed by atoms with van der Waals surface area (Å²) in [6.45, 7) is -0.998. The molecular formula is C11H8F4N2O2. The van der Waals surface area contributed by atoms with Crippen LogP contribution in [0.1, 0.15) is 5.56 Å². The van der Waals surface area contributed by atoms with Gasteiger partial charge >= 0.3 is 12.1 Å². The Kier molecular flexibility index (Phi) is 4.32. The van der Waals surface area contributed by atoms with Gasteiger partial charge in [0.1, 0.15) is 5.82 Å². The van der Waals surface area contributed by atoms with Crippen LogP contribution in [0.25, 0.3) is 0 Å². The maximum atomic E-state index is 13.3. The van der Waals surface area contributed by atoms with Crippen LogP contribution >= 0.6 is 0 Å². The highest BCUT2D eigenvalue weighted by Gasteiger charge is 2.44. The summed E-state index contributed by atoms with van der Waals surface area (Å²) in [6, 6.07) is 4.78. The van der Waals surface area contributed by atoms with Gasteiger partial charge < -0.3 is 10.4 Å². The third kappa shape index (κ3) is 3.84. The molecule has 1 aromatic rings. The van der Waals surface area contributed by atoms with Crippen LogP contribution in [-0.2, 0) is 4.79 Å². The van der Waals surface area contributed by atoms with Crippen molar-refractivity contribution in [1.29, 1.82) is 5.26 Å². The van der Waals surface area contributed by atoms with Crippen molar-refractivity contribution < 1.29 is 27.5 Å². The lowest BCUT2D eigenvalue weighted by atomic mass is 10.1. The number of nitrogens with one attached hydrogen (secondary N) is 1. The minimum absolute atomic E-state index is 0.00801. The van der Waals surface area contributed by atoms with E-state index in [1.54, 1.807) is 6.07 Å². The first-order chi connectivity index (χ1) is 8.75. The second-order valence-corrected chi connectivity index (χ2v) is 3.62. The van der Waals surface area contributed by atoms with E-state index in [4.69, 9.17) is 10.4 Å². The van der Waals surface area contributed by atoms with E-state index >= 15 is 0 Å². The number of hydrogen-bond acceptors (Lipinski definition) is 3. The fourth-order valence-corrected chi connectivity index (χ4v) is 1.28. The molecule has 0 amide bonds. The number of carbonyl (C=O) groups is 1. The second kappa shape index (κ2) is 5.56. The van der Waals surface area contributed by atoms with Crippen molar-refractivity contribution in [1.82, 2.24) is 0 Å². The summed E-state index contributed by atoms with van der Waals surface area (Å²) < 4.78 is 50.3. The highest BCUT2D eigenvalue weighted by molar-refractivity contribution is 5.71. The Morgan fingerprint density at radius 2 is 2.11 bits per heavy atom. The van der Waals surface area contributed by atoms with Crippen LogP contribution in [0.4, 0.5) is 23.2 Å². The fraction of sp³-hybridized carbons (Fsp3) is 0.273. The number of hydrogen-bond donors (Lipinski definition) is 2. The molecule has 0 radical (unpaired) electrons. The second-order valence-electron chi connectivity index (χ2n) is 3.62. The Bertz CT molecular complexity index is 522. The molecule has 0 saturated heterocycles. The number of rotatable bonds is 4. The average molecular weight is 276 g/mol. The molecule has 19 heavy (non-hydrogen) atoms. The average Bonchev–Trinajstić information content (AvgIpc) is 2.28. The zero-order valence-electron chi connectivity index (χ0n) is 9.33. The molecule has 0 aliphatic heterocycles. The third-order valence-corrected chi connectivity index (χ3v) is 2.29. The zero-order chi connectivity index (χ0) is 14.6. The summed E-state index contributed by atoms with van der Waals surface area (Å²) in [5.74, 6) is -5.61. The van der Waals surface area contributed by atoms with Crippen LogP contribution in [0.3, 0.4) is 0 Å². The Hall–Kier alpha value is -2.30. The van der Waals surface area contributed by atoms with Gasteiger partial charge in [-0.25, -0.2) is 4.39 Å². The first kappa shape index (κ1) is 14.8. The molecular weight excluding hydrogens is 268 g/mol. The van der Waals surface area contributed by atoms with Gasteiger partial charge in [0.2, 0.25) is 0 Å². The highest BCUT2D eigenvalue weighted by Crippen LogP contribution is 2.27. The molecule has 0 bridgehead atoms. The van der Waals surface area contributed by atoms with Crippen molar-refractivity contribution >= 4 is 11.7 Å². The van der Waals surface area contributed by atoms with E-state index in [0.717, 1.165) is 12.1 Å². The Morgan fingerprint density at radius 3 is 2.53 bits per heavy atom. The number of alkyl halides is 3. The number of nitriles is 1. The van der Waals surface area contributed by atoms with E-state index < -0.39 is 30.4 Å². The molecule has 1 aromatic carbocycles. The molecule has 2 N–H and O–H groups in total. The number of carboxylic acids is 1. The van der Waals surface area contributed by atoms with Crippen molar-refractivity contribution in [3.63, 3.8) is 0 Å². The molecule has 1 unspecified atom stereocenters. The summed E-state index contributed by atoms with van der Waals surface area (Å²) in [5.41, 5.74) is -0.289. The number of halogens is 4. The predicted molar refractivity (Wildman–Crippen MR) is 56.8 cm³/mol. The van der Waals surface area contributed by atoms with Gasteiger partial charge in [0, 0.05) is 6.54 Å². The first-order valence-electron chi connectivity index (χ1n) is 4.98. The van der Waals surface area contributed by atoms with E-state index in [1.165, 1.54) is 6.07 Å². The van der Waals surface area contributed by atoms with Gasteiger partial charge in [-0.05, 0) is 18.2 Å². The van der Waals surface area contributed by atoms with E-state index in [9.17, 15) is 22.4 Å². The summed E-state index contributed by atoms with van der Waals surface area (Å²) in [4.78, 5) is 10.5. The lowest BCUT2D eigenvalue weighted by Crippen LogP contribution is -2.36. The Labute approximate surface area is 105 Å². The summed E-state index contributed by atoms with van der Waals surface area (Å²) in [7, 11) is 0. The van der Waals surface area contributed by atoms with Gasteiger partial charge in [0.25, 0.3) is 0 Å². The van der Waals surface area contributed by atoms with Crippen LogP contribution in [0, 0.1) is 23.1 Å². The molecule has 0 heterocycles. The van der Waals surface area contributed by atoms with E-state index in [-0.39, 0.29) is 11.3 Å².